The standard InChI is InChI=1S/C28H41N3O4S/c1-8-23(5)29-28(33)24(6)30(19-25-13-10-9-12-21(25)3)27(32)14-11-17-31(36(7,34)35)26-18-20(2)15-16-22(26)4/h9-10,12-13,15-16,18,23-24H,8,11,14,17,19H2,1-7H3,(H,29,33)/t23-,24+/m1/s1. The average molecular weight is 516 g/mol. The van der Waals surface area contributed by atoms with Crippen molar-refractivity contribution in [3.63, 3.8) is 0 Å². The SMILES string of the molecule is CC[C@@H](C)NC(=O)[C@H](C)N(Cc1ccccc1C)C(=O)CCCN(c1cc(C)ccc1C)S(C)(=O)=O. The van der Waals surface area contributed by atoms with Crippen LogP contribution in [0.15, 0.2) is 42.5 Å². The Labute approximate surface area is 216 Å². The number of amides is 2. The fraction of sp³-hybridized carbons (Fsp3) is 0.500. The fourth-order valence-electron chi connectivity index (χ4n) is 3.99. The number of anilines is 1. The van der Waals surface area contributed by atoms with Gasteiger partial charge in [0.1, 0.15) is 6.04 Å². The summed E-state index contributed by atoms with van der Waals surface area (Å²) < 4.78 is 26.5. The molecule has 2 amide bonds. The number of carbonyl (C=O) groups is 2. The van der Waals surface area contributed by atoms with Crippen LogP contribution < -0.4 is 9.62 Å². The highest BCUT2D eigenvalue weighted by molar-refractivity contribution is 7.92. The lowest BCUT2D eigenvalue weighted by atomic mass is 10.1. The Hall–Kier alpha value is -2.87. The van der Waals surface area contributed by atoms with Gasteiger partial charge in [0.2, 0.25) is 21.8 Å². The van der Waals surface area contributed by atoms with Crippen LogP contribution in [-0.4, -0.2) is 50.0 Å². The molecule has 0 radical (unpaired) electrons. The Morgan fingerprint density at radius 3 is 2.28 bits per heavy atom. The quantitative estimate of drug-likeness (QED) is 0.451. The minimum atomic E-state index is -3.53. The smallest absolute Gasteiger partial charge is 0.242 e. The van der Waals surface area contributed by atoms with Gasteiger partial charge >= 0.3 is 0 Å². The van der Waals surface area contributed by atoms with E-state index in [2.05, 4.69) is 5.32 Å². The molecule has 0 aliphatic carbocycles. The number of aryl methyl sites for hydroxylation is 3. The van der Waals surface area contributed by atoms with Crippen molar-refractivity contribution in [2.24, 2.45) is 0 Å². The first-order valence-electron chi connectivity index (χ1n) is 12.5. The molecule has 0 aliphatic heterocycles. The van der Waals surface area contributed by atoms with Crippen LogP contribution in [0.1, 0.15) is 62.3 Å². The van der Waals surface area contributed by atoms with Gasteiger partial charge in [0.25, 0.3) is 0 Å². The van der Waals surface area contributed by atoms with E-state index in [4.69, 9.17) is 0 Å². The lowest BCUT2D eigenvalue weighted by Crippen LogP contribution is -2.49. The number of nitrogens with one attached hydrogen (secondary N) is 1. The highest BCUT2D eigenvalue weighted by Gasteiger charge is 2.27. The minimum Gasteiger partial charge on any atom is -0.352 e. The molecule has 0 spiro atoms. The first-order valence-corrected chi connectivity index (χ1v) is 14.4. The van der Waals surface area contributed by atoms with Gasteiger partial charge in [-0.25, -0.2) is 8.42 Å². The largest absolute Gasteiger partial charge is 0.352 e. The van der Waals surface area contributed by atoms with E-state index in [0.29, 0.717) is 18.7 Å². The summed E-state index contributed by atoms with van der Waals surface area (Å²) in [7, 11) is -3.53. The lowest BCUT2D eigenvalue weighted by molar-refractivity contribution is -0.140. The topological polar surface area (TPSA) is 86.8 Å². The van der Waals surface area contributed by atoms with Gasteiger partial charge in [0.15, 0.2) is 0 Å². The number of hydrogen-bond acceptors (Lipinski definition) is 4. The Kier molecular flexibility index (Phi) is 10.5. The maximum absolute atomic E-state index is 13.4. The van der Waals surface area contributed by atoms with Gasteiger partial charge in [-0.15, -0.1) is 0 Å². The van der Waals surface area contributed by atoms with E-state index in [1.54, 1.807) is 11.8 Å². The minimum absolute atomic E-state index is 0.0104. The van der Waals surface area contributed by atoms with Crippen LogP contribution in [0.5, 0.6) is 0 Å². The molecule has 0 bridgehead atoms. The summed E-state index contributed by atoms with van der Waals surface area (Å²) >= 11 is 0. The number of carbonyl (C=O) groups excluding carboxylic acids is 2. The first kappa shape index (κ1) is 29.4. The van der Waals surface area contributed by atoms with E-state index in [0.717, 1.165) is 28.7 Å². The molecule has 2 aromatic carbocycles. The summed E-state index contributed by atoms with van der Waals surface area (Å²) in [6.07, 6.45) is 2.44. The number of sulfonamides is 1. The van der Waals surface area contributed by atoms with Crippen molar-refractivity contribution in [1.82, 2.24) is 10.2 Å². The van der Waals surface area contributed by atoms with Crippen LogP contribution in [0, 0.1) is 20.8 Å². The van der Waals surface area contributed by atoms with E-state index >= 15 is 0 Å². The average Bonchev–Trinajstić information content (AvgIpc) is 2.81. The maximum Gasteiger partial charge on any atom is 0.242 e. The molecule has 2 rings (SSSR count). The Balaban J connectivity index is 2.22. The molecule has 0 saturated carbocycles. The van der Waals surface area contributed by atoms with Crippen molar-refractivity contribution < 1.29 is 18.0 Å². The van der Waals surface area contributed by atoms with Crippen molar-refractivity contribution in [2.45, 2.75) is 79.4 Å². The number of hydrogen-bond donors (Lipinski definition) is 1. The summed E-state index contributed by atoms with van der Waals surface area (Å²) in [5, 5.41) is 2.97. The predicted octanol–water partition coefficient (Wildman–Crippen LogP) is 4.49. The number of rotatable bonds is 12. The molecule has 0 aliphatic rings. The van der Waals surface area contributed by atoms with Crippen molar-refractivity contribution in [2.75, 3.05) is 17.1 Å². The monoisotopic (exact) mass is 515 g/mol. The van der Waals surface area contributed by atoms with E-state index in [9.17, 15) is 18.0 Å². The maximum atomic E-state index is 13.4. The molecule has 0 unspecified atom stereocenters. The van der Waals surface area contributed by atoms with E-state index in [1.165, 1.54) is 10.6 Å². The predicted molar refractivity (Wildman–Crippen MR) is 146 cm³/mol. The molecule has 0 saturated heterocycles. The summed E-state index contributed by atoms with van der Waals surface area (Å²) in [4.78, 5) is 27.9. The van der Waals surface area contributed by atoms with Crippen LogP contribution in [0.4, 0.5) is 5.69 Å². The zero-order valence-corrected chi connectivity index (χ0v) is 23.5. The second kappa shape index (κ2) is 12.9. The molecule has 7 nitrogen and oxygen atoms in total. The summed E-state index contributed by atoms with van der Waals surface area (Å²) in [6, 6.07) is 12.8. The molecule has 198 valence electrons. The van der Waals surface area contributed by atoms with Crippen molar-refractivity contribution in [3.8, 4) is 0 Å². The Morgan fingerprint density at radius 2 is 1.67 bits per heavy atom. The molecular weight excluding hydrogens is 474 g/mol. The third-order valence-corrected chi connectivity index (χ3v) is 7.74. The summed E-state index contributed by atoms with van der Waals surface area (Å²) in [5.74, 6) is -0.376. The normalized spacial score (nSPS) is 13.1. The van der Waals surface area contributed by atoms with Crippen LogP contribution >= 0.6 is 0 Å². The number of nitrogens with zero attached hydrogens (tertiary/aromatic N) is 2. The highest BCUT2D eigenvalue weighted by Crippen LogP contribution is 2.25. The van der Waals surface area contributed by atoms with Crippen LogP contribution in [0.25, 0.3) is 0 Å². The van der Waals surface area contributed by atoms with E-state index in [-0.39, 0.29) is 30.8 Å². The highest BCUT2D eigenvalue weighted by atomic mass is 32.2. The zero-order valence-electron chi connectivity index (χ0n) is 22.7. The second-order valence-corrected chi connectivity index (χ2v) is 11.6. The van der Waals surface area contributed by atoms with Gasteiger partial charge in [0.05, 0.1) is 11.9 Å². The van der Waals surface area contributed by atoms with E-state index < -0.39 is 16.1 Å². The van der Waals surface area contributed by atoms with E-state index in [1.807, 2.05) is 77.1 Å². The molecular formula is C28H41N3O4S. The van der Waals surface area contributed by atoms with Crippen molar-refractivity contribution in [3.05, 3.63) is 64.7 Å². The van der Waals surface area contributed by atoms with Gasteiger partial charge in [-0.3, -0.25) is 13.9 Å². The molecule has 8 heteroatoms. The third kappa shape index (κ3) is 8.08. The van der Waals surface area contributed by atoms with Gasteiger partial charge in [-0.05, 0) is 75.8 Å². The van der Waals surface area contributed by atoms with Gasteiger partial charge in [0, 0.05) is 25.6 Å². The molecule has 0 fully saturated rings. The van der Waals surface area contributed by atoms with Gasteiger partial charge < -0.3 is 10.2 Å². The van der Waals surface area contributed by atoms with Gasteiger partial charge in [-0.2, -0.15) is 0 Å². The van der Waals surface area contributed by atoms with Gasteiger partial charge in [-0.1, -0.05) is 43.3 Å². The first-order chi connectivity index (χ1) is 16.8. The summed E-state index contributed by atoms with van der Waals surface area (Å²) in [6.45, 7) is 11.9. The zero-order chi connectivity index (χ0) is 27.0. The van der Waals surface area contributed by atoms with Crippen molar-refractivity contribution >= 4 is 27.5 Å². The molecule has 0 aromatic heterocycles. The second-order valence-electron chi connectivity index (χ2n) is 9.67. The molecule has 36 heavy (non-hydrogen) atoms. The Bertz CT molecular complexity index is 1160. The molecule has 2 atom stereocenters. The molecule has 0 heterocycles. The fourth-order valence-corrected chi connectivity index (χ4v) is 5.00. The third-order valence-electron chi connectivity index (χ3n) is 6.56. The van der Waals surface area contributed by atoms with Crippen LogP contribution in [-0.2, 0) is 26.2 Å². The Morgan fingerprint density at radius 1 is 1.00 bits per heavy atom. The number of benzene rings is 2. The molecule has 2 aromatic rings. The molecule has 1 N–H and O–H groups in total. The lowest BCUT2D eigenvalue weighted by Gasteiger charge is -2.30. The van der Waals surface area contributed by atoms with Crippen LogP contribution in [0.3, 0.4) is 0 Å². The van der Waals surface area contributed by atoms with Crippen molar-refractivity contribution in [1.29, 1.82) is 0 Å². The van der Waals surface area contributed by atoms with Crippen LogP contribution in [0.2, 0.25) is 0 Å². The summed E-state index contributed by atoms with van der Waals surface area (Å²) in [5.41, 5.74) is 4.47.